The van der Waals surface area contributed by atoms with Gasteiger partial charge in [-0.1, -0.05) is 18.2 Å². The summed E-state index contributed by atoms with van der Waals surface area (Å²) in [5, 5.41) is 1.17. The molecule has 1 heterocycles. The number of amides is 1. The molecule has 2 aliphatic carbocycles. The Hall–Kier alpha value is -1.52. The summed E-state index contributed by atoms with van der Waals surface area (Å²) >= 11 is 0. The zero-order valence-electron chi connectivity index (χ0n) is 13.9. The van der Waals surface area contributed by atoms with Gasteiger partial charge in [0.25, 0.3) is 0 Å². The Kier molecular flexibility index (Phi) is 5.16. The van der Waals surface area contributed by atoms with Gasteiger partial charge >= 0.3 is 0 Å². The molecule has 1 atom stereocenters. The SMILES string of the molecule is Cl.N[C@@H](Cc1c[nH]c2ccccc12)C(=O)N(CC1CC1)CC1CC1. The molecule has 0 unspecified atom stereocenters. The van der Waals surface area contributed by atoms with Crippen LogP contribution in [0.2, 0.25) is 0 Å². The van der Waals surface area contributed by atoms with Gasteiger partial charge in [0.05, 0.1) is 6.04 Å². The first-order valence-corrected chi connectivity index (χ1v) is 8.80. The van der Waals surface area contributed by atoms with Crippen LogP contribution in [0.1, 0.15) is 31.2 Å². The van der Waals surface area contributed by atoms with E-state index in [0.29, 0.717) is 6.42 Å². The molecule has 0 aliphatic heterocycles. The van der Waals surface area contributed by atoms with E-state index >= 15 is 0 Å². The van der Waals surface area contributed by atoms with Gasteiger partial charge in [-0.25, -0.2) is 0 Å². The fraction of sp³-hybridized carbons (Fsp3) is 0.526. The molecule has 2 aliphatic rings. The molecule has 130 valence electrons. The maximum atomic E-state index is 12.8. The molecule has 1 amide bonds. The second kappa shape index (κ2) is 7.16. The normalized spacial score (nSPS) is 18.2. The smallest absolute Gasteiger partial charge is 0.239 e. The van der Waals surface area contributed by atoms with Crippen molar-refractivity contribution in [3.05, 3.63) is 36.0 Å². The minimum atomic E-state index is -0.438. The molecule has 1 aromatic heterocycles. The number of carbonyl (C=O) groups excluding carboxylic acids is 1. The summed E-state index contributed by atoms with van der Waals surface area (Å²) < 4.78 is 0. The van der Waals surface area contributed by atoms with E-state index in [0.717, 1.165) is 36.0 Å². The summed E-state index contributed by atoms with van der Waals surface area (Å²) in [6.07, 6.45) is 7.68. The highest BCUT2D eigenvalue weighted by molar-refractivity contribution is 5.86. The number of para-hydroxylation sites is 1. The van der Waals surface area contributed by atoms with E-state index < -0.39 is 6.04 Å². The summed E-state index contributed by atoms with van der Waals surface area (Å²) in [7, 11) is 0. The second-order valence-corrected chi connectivity index (χ2v) is 7.30. The number of nitrogens with zero attached hydrogens (tertiary/aromatic N) is 1. The molecule has 0 radical (unpaired) electrons. The quantitative estimate of drug-likeness (QED) is 0.808. The molecular formula is C19H26ClN3O. The largest absolute Gasteiger partial charge is 0.361 e. The highest BCUT2D eigenvalue weighted by Gasteiger charge is 2.33. The Bertz CT molecular complexity index is 691. The zero-order chi connectivity index (χ0) is 15.8. The minimum absolute atomic E-state index is 0. The first-order chi connectivity index (χ1) is 11.2. The van der Waals surface area contributed by atoms with Gasteiger partial charge in [0.2, 0.25) is 5.91 Å². The van der Waals surface area contributed by atoms with Gasteiger partial charge in [0.15, 0.2) is 0 Å². The van der Waals surface area contributed by atoms with Gasteiger partial charge in [-0.3, -0.25) is 4.79 Å². The summed E-state index contributed by atoms with van der Waals surface area (Å²) in [5.41, 5.74) is 8.53. The average molecular weight is 348 g/mol. The van der Waals surface area contributed by atoms with Crippen LogP contribution in [0, 0.1) is 11.8 Å². The molecule has 2 aromatic rings. The first-order valence-electron chi connectivity index (χ1n) is 8.80. The third-order valence-corrected chi connectivity index (χ3v) is 5.09. The minimum Gasteiger partial charge on any atom is -0.361 e. The number of halogens is 1. The van der Waals surface area contributed by atoms with Crippen molar-refractivity contribution in [2.24, 2.45) is 17.6 Å². The van der Waals surface area contributed by atoms with Crippen LogP contribution < -0.4 is 5.73 Å². The van der Waals surface area contributed by atoms with E-state index in [1.54, 1.807) is 0 Å². The third-order valence-electron chi connectivity index (χ3n) is 5.09. The van der Waals surface area contributed by atoms with Crippen LogP contribution in [-0.4, -0.2) is 34.9 Å². The lowest BCUT2D eigenvalue weighted by Gasteiger charge is -2.26. The van der Waals surface area contributed by atoms with Crippen molar-refractivity contribution in [2.45, 2.75) is 38.1 Å². The van der Waals surface area contributed by atoms with Crippen LogP contribution in [0.4, 0.5) is 0 Å². The van der Waals surface area contributed by atoms with Crippen LogP contribution in [0.3, 0.4) is 0 Å². The molecule has 1 aromatic carbocycles. The number of rotatable bonds is 7. The third kappa shape index (κ3) is 3.93. The summed E-state index contributed by atoms with van der Waals surface area (Å²) in [6.45, 7) is 1.83. The van der Waals surface area contributed by atoms with Crippen LogP contribution in [0.15, 0.2) is 30.5 Å². The highest BCUT2D eigenvalue weighted by Crippen LogP contribution is 2.34. The van der Waals surface area contributed by atoms with Crippen molar-refractivity contribution in [3.8, 4) is 0 Å². The number of aromatic nitrogens is 1. The monoisotopic (exact) mass is 347 g/mol. The van der Waals surface area contributed by atoms with Crippen LogP contribution in [-0.2, 0) is 11.2 Å². The molecule has 0 spiro atoms. The summed E-state index contributed by atoms with van der Waals surface area (Å²) in [4.78, 5) is 18.1. The molecule has 4 nitrogen and oxygen atoms in total. The lowest BCUT2D eigenvalue weighted by atomic mass is 10.0. The lowest BCUT2D eigenvalue weighted by Crippen LogP contribution is -2.46. The van der Waals surface area contributed by atoms with E-state index in [9.17, 15) is 4.79 Å². The first kappa shape index (κ1) is 17.3. The Morgan fingerprint density at radius 3 is 2.42 bits per heavy atom. The molecule has 4 rings (SSSR count). The van der Waals surface area contributed by atoms with Gasteiger partial charge in [-0.15, -0.1) is 12.4 Å². The second-order valence-electron chi connectivity index (χ2n) is 7.30. The molecule has 2 fully saturated rings. The summed E-state index contributed by atoms with van der Waals surface area (Å²) in [5.74, 6) is 1.57. The van der Waals surface area contributed by atoms with E-state index in [4.69, 9.17) is 5.73 Å². The van der Waals surface area contributed by atoms with Gasteiger partial charge in [0.1, 0.15) is 0 Å². The fourth-order valence-corrected chi connectivity index (χ4v) is 3.34. The Morgan fingerprint density at radius 1 is 1.17 bits per heavy atom. The Labute approximate surface area is 149 Å². The van der Waals surface area contributed by atoms with Crippen LogP contribution in [0.25, 0.3) is 10.9 Å². The molecular weight excluding hydrogens is 322 g/mol. The maximum Gasteiger partial charge on any atom is 0.239 e. The number of fused-ring (bicyclic) bond motifs is 1. The molecule has 24 heavy (non-hydrogen) atoms. The Morgan fingerprint density at radius 2 is 1.79 bits per heavy atom. The predicted molar refractivity (Wildman–Crippen MR) is 99.3 cm³/mol. The van der Waals surface area contributed by atoms with Crippen molar-refractivity contribution in [3.63, 3.8) is 0 Å². The van der Waals surface area contributed by atoms with E-state index in [-0.39, 0.29) is 18.3 Å². The number of hydrogen-bond acceptors (Lipinski definition) is 2. The van der Waals surface area contributed by atoms with Crippen LogP contribution >= 0.6 is 12.4 Å². The summed E-state index contributed by atoms with van der Waals surface area (Å²) in [6, 6.07) is 7.75. The van der Waals surface area contributed by atoms with Crippen LogP contribution in [0.5, 0.6) is 0 Å². The van der Waals surface area contributed by atoms with Gasteiger partial charge in [-0.05, 0) is 55.6 Å². The lowest BCUT2D eigenvalue weighted by molar-refractivity contribution is -0.133. The molecule has 5 heteroatoms. The molecule has 0 bridgehead atoms. The van der Waals surface area contributed by atoms with Gasteiger partial charge in [-0.2, -0.15) is 0 Å². The van der Waals surface area contributed by atoms with Crippen molar-refractivity contribution in [1.82, 2.24) is 9.88 Å². The topological polar surface area (TPSA) is 62.1 Å². The number of hydrogen-bond donors (Lipinski definition) is 2. The van der Waals surface area contributed by atoms with Crippen molar-refractivity contribution < 1.29 is 4.79 Å². The van der Waals surface area contributed by atoms with Crippen molar-refractivity contribution >= 4 is 29.2 Å². The molecule has 3 N–H and O–H groups in total. The molecule has 0 saturated heterocycles. The van der Waals surface area contributed by atoms with Crippen molar-refractivity contribution in [1.29, 1.82) is 0 Å². The number of aromatic amines is 1. The number of nitrogens with one attached hydrogen (secondary N) is 1. The van der Waals surface area contributed by atoms with Crippen molar-refractivity contribution in [2.75, 3.05) is 13.1 Å². The number of H-pyrrole nitrogens is 1. The number of benzene rings is 1. The predicted octanol–water partition coefficient (Wildman–Crippen LogP) is 3.11. The Balaban J connectivity index is 0.00000169. The highest BCUT2D eigenvalue weighted by atomic mass is 35.5. The molecule has 2 saturated carbocycles. The number of nitrogens with two attached hydrogens (primary N) is 1. The van der Waals surface area contributed by atoms with E-state index in [1.807, 2.05) is 18.3 Å². The zero-order valence-corrected chi connectivity index (χ0v) is 14.7. The maximum absolute atomic E-state index is 12.8. The average Bonchev–Trinajstić information content (AvgIpc) is 3.48. The van der Waals surface area contributed by atoms with Gasteiger partial charge < -0.3 is 15.6 Å². The van der Waals surface area contributed by atoms with E-state index in [2.05, 4.69) is 22.0 Å². The van der Waals surface area contributed by atoms with E-state index in [1.165, 1.54) is 31.1 Å². The number of carbonyl (C=O) groups is 1. The standard InChI is InChI=1S/C19H25N3O.ClH/c20-17(9-15-10-21-18-4-2-1-3-16(15)18)19(23)22(11-13-5-6-13)12-14-7-8-14;/h1-4,10,13-14,17,21H,5-9,11-12,20H2;1H/t17-;/m0./s1. The van der Waals surface area contributed by atoms with Gasteiger partial charge in [0, 0.05) is 30.2 Å². The fourth-order valence-electron chi connectivity index (χ4n) is 3.34.